The monoisotopic (exact) mass is 422 g/mol. The molecule has 24 heavy (non-hydrogen) atoms. The van der Waals surface area contributed by atoms with E-state index in [1.54, 1.807) is 34.8 Å². The van der Waals surface area contributed by atoms with Gasteiger partial charge in [0.25, 0.3) is 5.91 Å². The lowest BCUT2D eigenvalue weighted by atomic mass is 10.3. The highest BCUT2D eigenvalue weighted by Gasteiger charge is 2.13. The van der Waals surface area contributed by atoms with Crippen LogP contribution in [0.4, 0.5) is 0 Å². The topological polar surface area (TPSA) is 72.4 Å². The van der Waals surface area contributed by atoms with E-state index in [1.807, 2.05) is 27.4 Å². The Morgan fingerprint density at radius 2 is 2.25 bits per heavy atom. The molecule has 0 fully saturated rings. The molecule has 0 spiro atoms. The maximum absolute atomic E-state index is 12.0. The van der Waals surface area contributed by atoms with E-state index in [2.05, 4.69) is 31.3 Å². The molecule has 4 aromatic rings. The number of carbonyl (C=O) groups is 1. The Kier molecular flexibility index (Phi) is 4.21. The molecular formula is C15H11BrN4O2S2. The third kappa shape index (κ3) is 3.02. The molecule has 1 N–H and O–H groups in total. The highest BCUT2D eigenvalue weighted by Crippen LogP contribution is 2.24. The Morgan fingerprint density at radius 1 is 1.33 bits per heavy atom. The van der Waals surface area contributed by atoms with Crippen LogP contribution < -0.4 is 5.32 Å². The molecule has 9 heteroatoms. The summed E-state index contributed by atoms with van der Waals surface area (Å²) in [6.07, 6.45) is 0.668. The van der Waals surface area contributed by atoms with Crippen LogP contribution in [0.2, 0.25) is 0 Å². The normalized spacial score (nSPS) is 11.2. The molecule has 4 rings (SSSR count). The second-order valence-electron chi connectivity index (χ2n) is 4.94. The number of rotatable bonds is 5. The molecule has 0 saturated heterocycles. The van der Waals surface area contributed by atoms with Gasteiger partial charge in [0.2, 0.25) is 4.96 Å². The number of thiazole rings is 1. The molecular weight excluding hydrogens is 412 g/mol. The third-order valence-electron chi connectivity index (χ3n) is 3.36. The number of hydrogen-bond acceptors (Lipinski definition) is 6. The molecule has 0 saturated carbocycles. The number of nitrogens with one attached hydrogen (secondary N) is 1. The van der Waals surface area contributed by atoms with Crippen LogP contribution in [0.1, 0.15) is 16.2 Å². The van der Waals surface area contributed by atoms with Crippen molar-refractivity contribution >= 4 is 49.5 Å². The third-order valence-corrected chi connectivity index (χ3v) is 5.51. The molecule has 0 atom stereocenters. The van der Waals surface area contributed by atoms with Crippen LogP contribution in [0.25, 0.3) is 15.7 Å². The molecule has 6 nitrogen and oxygen atoms in total. The van der Waals surface area contributed by atoms with Gasteiger partial charge in [-0.15, -0.1) is 27.8 Å². The van der Waals surface area contributed by atoms with Crippen LogP contribution in [0.5, 0.6) is 0 Å². The molecule has 0 aromatic carbocycles. The first-order valence-electron chi connectivity index (χ1n) is 7.11. The summed E-state index contributed by atoms with van der Waals surface area (Å²) >= 11 is 6.35. The predicted molar refractivity (Wildman–Crippen MR) is 96.6 cm³/mol. The van der Waals surface area contributed by atoms with Gasteiger partial charge in [-0.1, -0.05) is 6.07 Å². The van der Waals surface area contributed by atoms with Gasteiger partial charge in [0.15, 0.2) is 16.3 Å². The van der Waals surface area contributed by atoms with Gasteiger partial charge in [-0.3, -0.25) is 4.79 Å². The van der Waals surface area contributed by atoms with Crippen LogP contribution in [0.15, 0.2) is 44.1 Å². The van der Waals surface area contributed by atoms with Crippen LogP contribution in [-0.2, 0) is 6.42 Å². The predicted octanol–water partition coefficient (Wildman–Crippen LogP) is 3.85. The van der Waals surface area contributed by atoms with Gasteiger partial charge in [0.1, 0.15) is 0 Å². The number of aromatic nitrogens is 3. The molecule has 1 amide bonds. The molecule has 4 heterocycles. The summed E-state index contributed by atoms with van der Waals surface area (Å²) in [5, 5.41) is 11.4. The molecule has 0 bridgehead atoms. The number of hydrogen-bond donors (Lipinski definition) is 1. The fourth-order valence-corrected chi connectivity index (χ4v) is 4.05. The minimum atomic E-state index is -0.231. The number of nitrogens with zero attached hydrogens (tertiary/aromatic N) is 3. The molecule has 0 unspecified atom stereocenters. The minimum absolute atomic E-state index is 0.231. The van der Waals surface area contributed by atoms with Gasteiger partial charge < -0.3 is 9.73 Å². The SMILES string of the molecule is O=C(NCCc1csc2nc(-c3cccs3)nn12)c1ccc(Br)o1. The lowest BCUT2D eigenvalue weighted by Crippen LogP contribution is -2.25. The van der Waals surface area contributed by atoms with E-state index in [-0.39, 0.29) is 11.7 Å². The number of carbonyl (C=O) groups excluding carboxylic acids is 1. The van der Waals surface area contributed by atoms with E-state index in [9.17, 15) is 4.79 Å². The maximum atomic E-state index is 12.0. The highest BCUT2D eigenvalue weighted by molar-refractivity contribution is 9.10. The number of furan rings is 1. The standard InChI is InChI=1S/C15H11BrN4O2S2/c16-12-4-3-10(22-12)14(21)17-6-5-9-8-24-15-18-13(19-20(9)15)11-2-1-7-23-11/h1-4,7-8H,5-6H2,(H,17,21). The minimum Gasteiger partial charge on any atom is -0.444 e. The van der Waals surface area contributed by atoms with Crippen molar-refractivity contribution in [3.05, 3.63) is 51.1 Å². The van der Waals surface area contributed by atoms with E-state index in [1.165, 1.54) is 0 Å². The first-order valence-corrected chi connectivity index (χ1v) is 9.66. The molecule has 122 valence electrons. The fraction of sp³-hybridized carbons (Fsp3) is 0.133. The summed E-state index contributed by atoms with van der Waals surface area (Å²) in [5.41, 5.74) is 1.02. The molecule has 0 aliphatic carbocycles. The summed E-state index contributed by atoms with van der Waals surface area (Å²) in [6, 6.07) is 7.32. The quantitative estimate of drug-likeness (QED) is 0.529. The molecule has 0 radical (unpaired) electrons. The maximum Gasteiger partial charge on any atom is 0.287 e. The fourth-order valence-electron chi connectivity index (χ4n) is 2.23. The summed E-state index contributed by atoms with van der Waals surface area (Å²) < 4.78 is 7.61. The van der Waals surface area contributed by atoms with E-state index in [0.717, 1.165) is 21.4 Å². The van der Waals surface area contributed by atoms with Crippen molar-refractivity contribution in [2.45, 2.75) is 6.42 Å². The van der Waals surface area contributed by atoms with Crippen LogP contribution in [0.3, 0.4) is 0 Å². The van der Waals surface area contributed by atoms with Gasteiger partial charge >= 0.3 is 0 Å². The zero-order valence-corrected chi connectivity index (χ0v) is 15.4. The summed E-state index contributed by atoms with van der Waals surface area (Å²) in [5.74, 6) is 0.797. The van der Waals surface area contributed by atoms with Crippen LogP contribution in [0, 0.1) is 0 Å². The van der Waals surface area contributed by atoms with Crippen LogP contribution in [-0.4, -0.2) is 27.0 Å². The van der Waals surface area contributed by atoms with Crippen molar-refractivity contribution in [1.82, 2.24) is 19.9 Å². The highest BCUT2D eigenvalue weighted by atomic mass is 79.9. The van der Waals surface area contributed by atoms with Gasteiger partial charge in [0, 0.05) is 18.3 Å². The van der Waals surface area contributed by atoms with Crippen molar-refractivity contribution in [2.24, 2.45) is 0 Å². The largest absolute Gasteiger partial charge is 0.444 e. The zero-order valence-electron chi connectivity index (χ0n) is 12.2. The summed E-state index contributed by atoms with van der Waals surface area (Å²) in [7, 11) is 0. The van der Waals surface area contributed by atoms with Crippen molar-refractivity contribution in [3.8, 4) is 10.7 Å². The van der Waals surface area contributed by atoms with E-state index < -0.39 is 0 Å². The van der Waals surface area contributed by atoms with Gasteiger partial charge in [-0.25, -0.2) is 4.52 Å². The first kappa shape index (κ1) is 15.6. The Morgan fingerprint density at radius 3 is 3.00 bits per heavy atom. The number of amides is 1. The molecule has 0 aliphatic heterocycles. The van der Waals surface area contributed by atoms with Crippen molar-refractivity contribution in [1.29, 1.82) is 0 Å². The Labute approximate surface area is 153 Å². The van der Waals surface area contributed by atoms with E-state index in [4.69, 9.17) is 4.42 Å². The van der Waals surface area contributed by atoms with E-state index >= 15 is 0 Å². The van der Waals surface area contributed by atoms with Gasteiger partial charge in [-0.05, 0) is 39.5 Å². The first-order chi connectivity index (χ1) is 11.7. The Hall–Kier alpha value is -1.97. The van der Waals surface area contributed by atoms with Gasteiger partial charge in [0.05, 0.1) is 10.6 Å². The second-order valence-corrected chi connectivity index (χ2v) is 7.51. The van der Waals surface area contributed by atoms with Crippen molar-refractivity contribution in [3.63, 3.8) is 0 Å². The van der Waals surface area contributed by atoms with Crippen molar-refractivity contribution < 1.29 is 9.21 Å². The molecule has 4 aromatic heterocycles. The lowest BCUT2D eigenvalue weighted by molar-refractivity contribution is 0.0925. The zero-order chi connectivity index (χ0) is 16.5. The average molecular weight is 423 g/mol. The number of thiophene rings is 1. The smallest absolute Gasteiger partial charge is 0.287 e. The van der Waals surface area contributed by atoms with E-state index in [0.29, 0.717) is 17.6 Å². The van der Waals surface area contributed by atoms with Gasteiger partial charge in [-0.2, -0.15) is 4.98 Å². The lowest BCUT2D eigenvalue weighted by Gasteiger charge is -2.02. The summed E-state index contributed by atoms with van der Waals surface area (Å²) in [4.78, 5) is 18.4. The Bertz CT molecular complexity index is 987. The van der Waals surface area contributed by atoms with Crippen molar-refractivity contribution in [2.75, 3.05) is 6.54 Å². The second kappa shape index (κ2) is 6.50. The Balaban J connectivity index is 1.44. The number of fused-ring (bicyclic) bond motifs is 1. The van der Waals surface area contributed by atoms with Crippen LogP contribution >= 0.6 is 38.6 Å². The molecule has 0 aliphatic rings. The number of halogens is 1. The summed E-state index contributed by atoms with van der Waals surface area (Å²) in [6.45, 7) is 0.497. The average Bonchev–Trinajstić information content (AvgIpc) is 3.31.